The summed E-state index contributed by atoms with van der Waals surface area (Å²) in [6.45, 7) is 4.63. The fourth-order valence-corrected chi connectivity index (χ4v) is 3.49. The molecule has 1 saturated heterocycles. The molecule has 3 aliphatic rings. The van der Waals surface area contributed by atoms with Crippen molar-refractivity contribution in [3.63, 3.8) is 0 Å². The molecule has 2 aliphatic carbocycles. The molecule has 0 aromatic rings. The fraction of sp³-hybridized carbons (Fsp3) is 0.714. The van der Waals surface area contributed by atoms with Gasteiger partial charge in [0.15, 0.2) is 0 Å². The van der Waals surface area contributed by atoms with Gasteiger partial charge < -0.3 is 10.6 Å². The van der Waals surface area contributed by atoms with Crippen LogP contribution in [-0.2, 0) is 9.59 Å². The largest absolute Gasteiger partial charge is 0.340 e. The van der Waals surface area contributed by atoms with Crippen LogP contribution in [0.4, 0.5) is 0 Å². The molecular formula is C14H21N3O2S. The van der Waals surface area contributed by atoms with Gasteiger partial charge in [0, 0.05) is 11.2 Å². The molecule has 2 amide bonds. The van der Waals surface area contributed by atoms with Crippen LogP contribution in [0, 0.1) is 5.92 Å². The SMILES string of the molecule is C=CC1C[C@]1(NC(=O)C1CCCN1)C(=O)NSC1CC1. The van der Waals surface area contributed by atoms with Crippen molar-refractivity contribution in [1.82, 2.24) is 15.4 Å². The Labute approximate surface area is 123 Å². The molecule has 1 aliphatic heterocycles. The van der Waals surface area contributed by atoms with Crippen molar-refractivity contribution in [2.24, 2.45) is 5.92 Å². The Morgan fingerprint density at radius 2 is 2.15 bits per heavy atom. The van der Waals surface area contributed by atoms with Crippen molar-refractivity contribution in [1.29, 1.82) is 0 Å². The summed E-state index contributed by atoms with van der Waals surface area (Å²) in [7, 11) is 0. The van der Waals surface area contributed by atoms with E-state index in [4.69, 9.17) is 0 Å². The van der Waals surface area contributed by atoms with E-state index in [1.165, 1.54) is 24.8 Å². The Kier molecular flexibility index (Phi) is 3.77. The van der Waals surface area contributed by atoms with Crippen molar-refractivity contribution in [3.05, 3.63) is 12.7 Å². The zero-order valence-corrected chi connectivity index (χ0v) is 12.3. The zero-order valence-electron chi connectivity index (χ0n) is 11.5. The molecule has 2 unspecified atom stereocenters. The molecule has 6 heteroatoms. The number of hydrogen-bond donors (Lipinski definition) is 3. The van der Waals surface area contributed by atoms with E-state index in [0.717, 1.165) is 19.4 Å². The van der Waals surface area contributed by atoms with Crippen LogP contribution in [-0.4, -0.2) is 35.2 Å². The van der Waals surface area contributed by atoms with Crippen molar-refractivity contribution < 1.29 is 9.59 Å². The van der Waals surface area contributed by atoms with Crippen LogP contribution >= 0.6 is 11.9 Å². The highest BCUT2D eigenvalue weighted by Gasteiger charge is 2.60. The molecule has 3 atom stereocenters. The van der Waals surface area contributed by atoms with Crippen LogP contribution in [0.2, 0.25) is 0 Å². The Hall–Kier alpha value is -1.01. The van der Waals surface area contributed by atoms with Crippen molar-refractivity contribution in [2.45, 2.75) is 48.9 Å². The molecule has 0 spiro atoms. The van der Waals surface area contributed by atoms with E-state index in [9.17, 15) is 9.59 Å². The van der Waals surface area contributed by atoms with E-state index in [0.29, 0.717) is 11.7 Å². The van der Waals surface area contributed by atoms with E-state index in [-0.39, 0.29) is 23.8 Å². The third-order valence-electron chi connectivity index (χ3n) is 4.27. The van der Waals surface area contributed by atoms with Crippen molar-refractivity contribution >= 4 is 23.8 Å². The summed E-state index contributed by atoms with van der Waals surface area (Å²) in [5.41, 5.74) is -0.759. The van der Waals surface area contributed by atoms with Gasteiger partial charge >= 0.3 is 0 Å². The maximum absolute atomic E-state index is 12.4. The van der Waals surface area contributed by atoms with Gasteiger partial charge in [-0.2, -0.15) is 0 Å². The third kappa shape index (κ3) is 2.72. The molecule has 0 radical (unpaired) electrons. The summed E-state index contributed by atoms with van der Waals surface area (Å²) in [5, 5.41) is 6.68. The number of hydrogen-bond acceptors (Lipinski definition) is 4. The Balaban J connectivity index is 1.60. The minimum atomic E-state index is -0.759. The van der Waals surface area contributed by atoms with Gasteiger partial charge in [0.25, 0.3) is 5.91 Å². The van der Waals surface area contributed by atoms with Crippen LogP contribution in [0.1, 0.15) is 32.1 Å². The summed E-state index contributed by atoms with van der Waals surface area (Å²) >= 11 is 1.49. The summed E-state index contributed by atoms with van der Waals surface area (Å²) in [6, 6.07) is -0.151. The molecule has 0 bridgehead atoms. The average Bonchev–Trinajstić information content (AvgIpc) is 3.34. The van der Waals surface area contributed by atoms with Crippen LogP contribution in [0.15, 0.2) is 12.7 Å². The minimum Gasteiger partial charge on any atom is -0.340 e. The molecule has 3 rings (SSSR count). The molecule has 1 heterocycles. The maximum atomic E-state index is 12.4. The molecule has 20 heavy (non-hydrogen) atoms. The quantitative estimate of drug-likeness (QED) is 0.499. The molecule has 3 fully saturated rings. The first-order valence-electron chi connectivity index (χ1n) is 7.30. The standard InChI is InChI=1S/C14H21N3O2S/c1-2-9-8-14(9,13(19)17-20-10-5-6-10)16-12(18)11-4-3-7-15-11/h2,9-11,15H,1,3-8H2,(H,16,18)(H,17,19)/t9?,11?,14-/m1/s1. The predicted octanol–water partition coefficient (Wildman–Crippen LogP) is 0.726. The van der Waals surface area contributed by atoms with Gasteiger partial charge in [0.1, 0.15) is 5.54 Å². The summed E-state index contributed by atoms with van der Waals surface area (Å²) in [4.78, 5) is 24.6. The second-order valence-electron chi connectivity index (χ2n) is 5.90. The second kappa shape index (κ2) is 5.41. The van der Waals surface area contributed by atoms with Crippen LogP contribution in [0.5, 0.6) is 0 Å². The first kappa shape index (κ1) is 13.9. The van der Waals surface area contributed by atoms with Gasteiger partial charge in [-0.15, -0.1) is 6.58 Å². The zero-order chi connectivity index (χ0) is 14.2. The van der Waals surface area contributed by atoms with Gasteiger partial charge in [-0.05, 0) is 50.6 Å². The summed E-state index contributed by atoms with van der Waals surface area (Å²) in [5.74, 6) is -0.0864. The lowest BCUT2D eigenvalue weighted by Crippen LogP contribution is -2.53. The van der Waals surface area contributed by atoms with Crippen molar-refractivity contribution in [2.75, 3.05) is 6.54 Å². The summed E-state index contributed by atoms with van der Waals surface area (Å²) < 4.78 is 2.90. The average molecular weight is 295 g/mol. The van der Waals surface area contributed by atoms with E-state index >= 15 is 0 Å². The number of carbonyl (C=O) groups excluding carboxylic acids is 2. The van der Waals surface area contributed by atoms with E-state index in [2.05, 4.69) is 21.9 Å². The van der Waals surface area contributed by atoms with Crippen molar-refractivity contribution in [3.8, 4) is 0 Å². The first-order chi connectivity index (χ1) is 9.65. The minimum absolute atomic E-state index is 0.0488. The Bertz CT molecular complexity index is 432. The maximum Gasteiger partial charge on any atom is 0.256 e. The Morgan fingerprint density at radius 1 is 1.35 bits per heavy atom. The van der Waals surface area contributed by atoms with Gasteiger partial charge in [0.2, 0.25) is 5.91 Å². The van der Waals surface area contributed by atoms with E-state index in [1.807, 2.05) is 0 Å². The third-order valence-corrected chi connectivity index (χ3v) is 5.38. The number of amides is 2. The monoisotopic (exact) mass is 295 g/mol. The lowest BCUT2D eigenvalue weighted by atomic mass is 10.1. The van der Waals surface area contributed by atoms with Gasteiger partial charge in [-0.25, -0.2) is 0 Å². The highest BCUT2D eigenvalue weighted by atomic mass is 32.2. The molecule has 3 N–H and O–H groups in total. The van der Waals surface area contributed by atoms with Crippen LogP contribution in [0.25, 0.3) is 0 Å². The molecule has 2 saturated carbocycles. The molecule has 0 aromatic carbocycles. The fourth-order valence-electron chi connectivity index (χ4n) is 2.66. The molecule has 110 valence electrons. The summed E-state index contributed by atoms with van der Waals surface area (Å²) in [6.07, 6.45) is 6.62. The van der Waals surface area contributed by atoms with E-state index < -0.39 is 5.54 Å². The molecule has 5 nitrogen and oxygen atoms in total. The number of carbonyl (C=O) groups is 2. The highest BCUT2D eigenvalue weighted by Crippen LogP contribution is 2.45. The predicted molar refractivity (Wildman–Crippen MR) is 79.0 cm³/mol. The Morgan fingerprint density at radius 3 is 2.70 bits per heavy atom. The number of nitrogens with one attached hydrogen (secondary N) is 3. The highest BCUT2D eigenvalue weighted by molar-refractivity contribution is 7.98. The second-order valence-corrected chi connectivity index (χ2v) is 7.01. The van der Waals surface area contributed by atoms with Crippen LogP contribution < -0.4 is 15.4 Å². The van der Waals surface area contributed by atoms with E-state index in [1.54, 1.807) is 6.08 Å². The molecule has 0 aromatic heterocycles. The normalized spacial score (nSPS) is 35.4. The van der Waals surface area contributed by atoms with Gasteiger partial charge in [-0.3, -0.25) is 14.3 Å². The smallest absolute Gasteiger partial charge is 0.256 e. The molecular weight excluding hydrogens is 274 g/mol. The first-order valence-corrected chi connectivity index (χ1v) is 8.18. The topological polar surface area (TPSA) is 70.2 Å². The lowest BCUT2D eigenvalue weighted by Gasteiger charge is -2.20. The van der Waals surface area contributed by atoms with Crippen LogP contribution in [0.3, 0.4) is 0 Å². The van der Waals surface area contributed by atoms with Gasteiger partial charge in [0.05, 0.1) is 6.04 Å². The van der Waals surface area contributed by atoms with Gasteiger partial charge in [-0.1, -0.05) is 6.08 Å². The number of rotatable bonds is 6. The lowest BCUT2D eigenvalue weighted by molar-refractivity contribution is -0.130.